The van der Waals surface area contributed by atoms with Crippen LogP contribution in [0, 0.1) is 23.7 Å². The van der Waals surface area contributed by atoms with E-state index in [1.165, 1.54) is 0 Å². The number of methoxy groups -OCH3 is 1. The van der Waals surface area contributed by atoms with Crippen LogP contribution >= 0.6 is 0 Å². The summed E-state index contributed by atoms with van der Waals surface area (Å²) in [5.41, 5.74) is 0. The van der Waals surface area contributed by atoms with E-state index < -0.39 is 0 Å². The van der Waals surface area contributed by atoms with Crippen LogP contribution in [-0.2, 0) is 23.8 Å². The van der Waals surface area contributed by atoms with Crippen molar-refractivity contribution in [2.75, 3.05) is 46.6 Å². The van der Waals surface area contributed by atoms with E-state index in [4.69, 9.17) is 14.2 Å². The maximum atomic E-state index is 12.9. The number of nitrogens with one attached hydrogen (secondary N) is 1. The molecular weight excluding hydrogens is 300 g/mol. The zero-order valence-electron chi connectivity index (χ0n) is 13.4. The van der Waals surface area contributed by atoms with E-state index >= 15 is 0 Å². The molecule has 3 aliphatic heterocycles. The molecule has 0 aromatic rings. The molecular formula is C16H24N2O5. The second-order valence-electron chi connectivity index (χ2n) is 6.96. The molecule has 4 aliphatic rings. The van der Waals surface area contributed by atoms with Crippen LogP contribution in [0.4, 0.5) is 0 Å². The number of fused-ring (bicyclic) bond motifs is 2. The number of carbonyl (C=O) groups excluding carboxylic acids is 2. The Bertz CT molecular complexity index is 489. The first-order valence-corrected chi connectivity index (χ1v) is 8.49. The Kier molecular flexibility index (Phi) is 4.03. The van der Waals surface area contributed by atoms with Crippen molar-refractivity contribution in [3.05, 3.63) is 0 Å². The summed E-state index contributed by atoms with van der Waals surface area (Å²) < 4.78 is 16.1. The van der Waals surface area contributed by atoms with Gasteiger partial charge in [0.2, 0.25) is 11.8 Å². The van der Waals surface area contributed by atoms with Gasteiger partial charge in [0.25, 0.3) is 0 Å². The second kappa shape index (κ2) is 6.03. The van der Waals surface area contributed by atoms with Gasteiger partial charge in [-0.15, -0.1) is 0 Å². The molecule has 2 amide bonds. The van der Waals surface area contributed by atoms with Crippen molar-refractivity contribution in [1.82, 2.24) is 10.2 Å². The highest BCUT2D eigenvalue weighted by atomic mass is 16.5. The summed E-state index contributed by atoms with van der Waals surface area (Å²) in [6, 6.07) is 0.0583. The zero-order chi connectivity index (χ0) is 16.0. The average molecular weight is 324 g/mol. The first-order valence-electron chi connectivity index (χ1n) is 8.49. The van der Waals surface area contributed by atoms with Crippen LogP contribution in [0.3, 0.4) is 0 Å². The van der Waals surface area contributed by atoms with Crippen LogP contribution in [-0.4, -0.2) is 75.5 Å². The van der Waals surface area contributed by atoms with Crippen LogP contribution in [0.5, 0.6) is 0 Å². The van der Waals surface area contributed by atoms with Gasteiger partial charge < -0.3 is 24.4 Å². The minimum absolute atomic E-state index is 0.0337. The molecule has 1 unspecified atom stereocenters. The molecule has 0 aromatic carbocycles. The van der Waals surface area contributed by atoms with Gasteiger partial charge in [-0.3, -0.25) is 9.59 Å². The van der Waals surface area contributed by atoms with E-state index in [0.717, 1.165) is 6.42 Å². The minimum Gasteiger partial charge on any atom is -0.383 e. The van der Waals surface area contributed by atoms with Crippen molar-refractivity contribution in [2.45, 2.75) is 18.6 Å². The van der Waals surface area contributed by atoms with E-state index in [9.17, 15) is 9.59 Å². The molecule has 4 fully saturated rings. The third-order valence-electron chi connectivity index (χ3n) is 5.76. The van der Waals surface area contributed by atoms with Crippen molar-refractivity contribution in [3.8, 4) is 0 Å². The van der Waals surface area contributed by atoms with E-state index in [0.29, 0.717) is 51.4 Å². The second-order valence-corrected chi connectivity index (χ2v) is 6.96. The van der Waals surface area contributed by atoms with Crippen LogP contribution in [0.2, 0.25) is 0 Å². The van der Waals surface area contributed by atoms with Crippen molar-refractivity contribution in [2.24, 2.45) is 23.7 Å². The molecule has 7 nitrogen and oxygen atoms in total. The van der Waals surface area contributed by atoms with E-state index in [-0.39, 0.29) is 35.8 Å². The summed E-state index contributed by atoms with van der Waals surface area (Å²) in [4.78, 5) is 27.2. The molecule has 4 rings (SSSR count). The molecule has 128 valence electrons. The van der Waals surface area contributed by atoms with Crippen molar-refractivity contribution < 1.29 is 23.8 Å². The molecule has 23 heavy (non-hydrogen) atoms. The smallest absolute Gasteiger partial charge is 0.227 e. The molecule has 7 heteroatoms. The lowest BCUT2D eigenvalue weighted by Gasteiger charge is -2.23. The van der Waals surface area contributed by atoms with E-state index in [1.807, 2.05) is 4.90 Å². The molecule has 3 saturated heterocycles. The lowest BCUT2D eigenvalue weighted by molar-refractivity contribution is -0.135. The molecule has 1 saturated carbocycles. The normalized spacial score (nSPS) is 40.8. The van der Waals surface area contributed by atoms with Crippen molar-refractivity contribution in [3.63, 3.8) is 0 Å². The predicted octanol–water partition coefficient (Wildman–Crippen LogP) is -0.743. The standard InChI is InChI=1S/C16H24N2O5/c1-21-5-3-17-15(19)9-6-18(12-2-4-23-14(9)12)16(20)13-10-7-22-8-11(10)13/h9-14H,2-8H2,1H3,(H,17,19)/t9-,10-,11+,12+,13?,14+/m0/s1. The minimum atomic E-state index is -0.266. The maximum absolute atomic E-state index is 12.9. The molecule has 1 N–H and O–H groups in total. The number of likely N-dealkylation sites (tertiary alicyclic amines) is 1. The summed E-state index contributed by atoms with van der Waals surface area (Å²) in [6.07, 6.45) is 0.674. The predicted molar refractivity (Wildman–Crippen MR) is 79.5 cm³/mol. The SMILES string of the molecule is COCCNC(=O)[C@H]1CN(C(=O)C2[C@H]3COC[C@@H]23)[C@@H]2CCO[C@H]12. The molecule has 6 atom stereocenters. The van der Waals surface area contributed by atoms with Crippen molar-refractivity contribution in [1.29, 1.82) is 0 Å². The third-order valence-corrected chi connectivity index (χ3v) is 5.76. The Labute approximate surface area is 135 Å². The van der Waals surface area contributed by atoms with Gasteiger partial charge in [-0.25, -0.2) is 0 Å². The Morgan fingerprint density at radius 1 is 1.30 bits per heavy atom. The number of carbonyl (C=O) groups is 2. The molecule has 0 spiro atoms. The largest absolute Gasteiger partial charge is 0.383 e. The first-order chi connectivity index (χ1) is 11.2. The summed E-state index contributed by atoms with van der Waals surface area (Å²) in [7, 11) is 1.61. The van der Waals surface area contributed by atoms with E-state index in [1.54, 1.807) is 7.11 Å². The van der Waals surface area contributed by atoms with Gasteiger partial charge in [0.05, 0.1) is 37.9 Å². The highest BCUT2D eigenvalue weighted by Gasteiger charge is 2.61. The molecule has 3 heterocycles. The van der Waals surface area contributed by atoms with Crippen LogP contribution in [0.25, 0.3) is 0 Å². The maximum Gasteiger partial charge on any atom is 0.227 e. The lowest BCUT2D eigenvalue weighted by Crippen LogP contribution is -2.39. The van der Waals surface area contributed by atoms with Gasteiger partial charge in [0.1, 0.15) is 0 Å². The van der Waals surface area contributed by atoms with E-state index in [2.05, 4.69) is 5.32 Å². The molecule has 0 bridgehead atoms. The number of hydrogen-bond donors (Lipinski definition) is 1. The molecule has 0 radical (unpaired) electrons. The Morgan fingerprint density at radius 2 is 2.09 bits per heavy atom. The summed E-state index contributed by atoms with van der Waals surface area (Å²) in [5, 5.41) is 2.88. The Balaban J connectivity index is 1.41. The Morgan fingerprint density at radius 3 is 2.83 bits per heavy atom. The topological polar surface area (TPSA) is 77.1 Å². The highest BCUT2D eigenvalue weighted by Crippen LogP contribution is 2.52. The van der Waals surface area contributed by atoms with Gasteiger partial charge >= 0.3 is 0 Å². The number of amides is 2. The number of nitrogens with zero attached hydrogens (tertiary/aromatic N) is 1. The molecule has 0 aromatic heterocycles. The van der Waals surface area contributed by atoms with Gasteiger partial charge in [-0.2, -0.15) is 0 Å². The first kappa shape index (κ1) is 15.4. The Hall–Kier alpha value is -1.18. The fourth-order valence-corrected chi connectivity index (χ4v) is 4.46. The quantitative estimate of drug-likeness (QED) is 0.674. The summed E-state index contributed by atoms with van der Waals surface area (Å²) >= 11 is 0. The van der Waals surface area contributed by atoms with Gasteiger partial charge in [-0.1, -0.05) is 0 Å². The highest BCUT2D eigenvalue weighted by molar-refractivity contribution is 5.86. The van der Waals surface area contributed by atoms with Crippen LogP contribution < -0.4 is 5.32 Å². The fraction of sp³-hybridized carbons (Fsp3) is 0.875. The summed E-state index contributed by atoms with van der Waals surface area (Å²) in [6.45, 7) is 3.50. The van der Waals surface area contributed by atoms with Gasteiger partial charge in [0.15, 0.2) is 0 Å². The van der Waals surface area contributed by atoms with Crippen molar-refractivity contribution >= 4 is 11.8 Å². The third kappa shape index (κ3) is 2.55. The van der Waals surface area contributed by atoms with Gasteiger partial charge in [0, 0.05) is 32.7 Å². The lowest BCUT2D eigenvalue weighted by atomic mass is 10.0. The monoisotopic (exact) mass is 324 g/mol. The average Bonchev–Trinajstić information content (AvgIpc) is 3.00. The number of rotatable bonds is 5. The summed E-state index contributed by atoms with van der Waals surface area (Å²) in [5.74, 6) is 0.818. The van der Waals surface area contributed by atoms with Crippen LogP contribution in [0.15, 0.2) is 0 Å². The number of hydrogen-bond acceptors (Lipinski definition) is 5. The molecule has 1 aliphatic carbocycles. The van der Waals surface area contributed by atoms with Gasteiger partial charge in [-0.05, 0) is 18.3 Å². The zero-order valence-corrected chi connectivity index (χ0v) is 13.4. The van der Waals surface area contributed by atoms with Crippen LogP contribution in [0.1, 0.15) is 6.42 Å². The fourth-order valence-electron chi connectivity index (χ4n) is 4.46. The number of ether oxygens (including phenoxy) is 3.